The number of hydrogen-bond donors (Lipinski definition) is 1. The van der Waals surface area contributed by atoms with E-state index in [0.29, 0.717) is 0 Å². The molecule has 1 aromatic rings. The number of aromatic nitrogens is 2. The lowest BCUT2D eigenvalue weighted by molar-refractivity contribution is 0.749. The minimum absolute atomic E-state index is 0.925. The fraction of sp³-hybridized carbons (Fsp3) is 0.556. The lowest BCUT2D eigenvalue weighted by atomic mass is 10.2. The summed E-state index contributed by atoms with van der Waals surface area (Å²) in [6.45, 7) is 0.950. The van der Waals surface area contributed by atoms with Crippen LogP contribution in [0.4, 0.5) is 0 Å². The van der Waals surface area contributed by atoms with E-state index >= 15 is 0 Å². The second-order valence-electron chi connectivity index (χ2n) is 3.10. The van der Waals surface area contributed by atoms with Crippen molar-refractivity contribution >= 4 is 11.8 Å². The number of nitrogens with one attached hydrogen (secondary N) is 1. The largest absolute Gasteiger partial charge is 0.319 e. The van der Waals surface area contributed by atoms with Crippen LogP contribution in [0.25, 0.3) is 0 Å². The summed E-state index contributed by atoms with van der Waals surface area (Å²) in [4.78, 5) is 8.84. The van der Waals surface area contributed by atoms with Crippen molar-refractivity contribution in [2.24, 2.45) is 0 Å². The Labute approximate surface area is 82.4 Å². The van der Waals surface area contributed by atoms with Crippen molar-refractivity contribution in [2.75, 3.05) is 13.6 Å². The zero-order valence-corrected chi connectivity index (χ0v) is 8.52. The van der Waals surface area contributed by atoms with Gasteiger partial charge in [-0.1, -0.05) is 0 Å². The quantitative estimate of drug-likeness (QED) is 0.780. The smallest absolute Gasteiger partial charge is 0.129 e. The Morgan fingerprint density at radius 3 is 3.31 bits per heavy atom. The minimum Gasteiger partial charge on any atom is -0.319 e. The van der Waals surface area contributed by atoms with Crippen LogP contribution in [0.15, 0.2) is 6.20 Å². The second-order valence-corrected chi connectivity index (χ2v) is 4.09. The molecule has 0 fully saturated rings. The van der Waals surface area contributed by atoms with Crippen LogP contribution in [0.3, 0.4) is 0 Å². The molecule has 0 saturated heterocycles. The molecular weight excluding hydrogens is 182 g/mol. The standard InChI is InChI=1S/C9H13N3S/c1-10-3-2-9-11-4-7-5-13-6-8(7)12-9/h4,10H,2-3,5-6H2,1H3. The molecular formula is C9H13N3S. The molecule has 0 aromatic carbocycles. The van der Waals surface area contributed by atoms with E-state index in [0.717, 1.165) is 30.3 Å². The van der Waals surface area contributed by atoms with E-state index in [1.165, 1.54) is 11.3 Å². The first-order valence-electron chi connectivity index (χ1n) is 4.46. The van der Waals surface area contributed by atoms with E-state index in [-0.39, 0.29) is 0 Å². The summed E-state index contributed by atoms with van der Waals surface area (Å²) in [7, 11) is 1.95. The molecule has 0 spiro atoms. The van der Waals surface area contributed by atoms with Crippen LogP contribution in [0.2, 0.25) is 0 Å². The van der Waals surface area contributed by atoms with Gasteiger partial charge in [0, 0.05) is 36.2 Å². The predicted molar refractivity (Wildman–Crippen MR) is 54.7 cm³/mol. The Bertz CT molecular complexity index is 301. The first-order valence-corrected chi connectivity index (χ1v) is 5.61. The highest BCUT2D eigenvalue weighted by Crippen LogP contribution is 2.27. The lowest BCUT2D eigenvalue weighted by Gasteiger charge is -2.01. The molecule has 3 nitrogen and oxygen atoms in total. The van der Waals surface area contributed by atoms with Gasteiger partial charge in [-0.05, 0) is 7.05 Å². The Morgan fingerprint density at radius 1 is 1.54 bits per heavy atom. The maximum atomic E-state index is 4.52. The van der Waals surface area contributed by atoms with Crippen LogP contribution in [-0.4, -0.2) is 23.6 Å². The third-order valence-corrected chi connectivity index (χ3v) is 3.09. The third-order valence-electron chi connectivity index (χ3n) is 2.10. The van der Waals surface area contributed by atoms with E-state index in [1.807, 2.05) is 25.0 Å². The maximum Gasteiger partial charge on any atom is 0.129 e. The molecule has 13 heavy (non-hydrogen) atoms. The highest BCUT2D eigenvalue weighted by atomic mass is 32.2. The molecule has 0 amide bonds. The molecule has 1 aromatic heterocycles. The summed E-state index contributed by atoms with van der Waals surface area (Å²) in [6.07, 6.45) is 2.90. The Kier molecular flexibility index (Phi) is 2.80. The van der Waals surface area contributed by atoms with Gasteiger partial charge in [0.2, 0.25) is 0 Å². The van der Waals surface area contributed by atoms with Gasteiger partial charge in [0.25, 0.3) is 0 Å². The number of nitrogens with zero attached hydrogens (tertiary/aromatic N) is 2. The maximum absolute atomic E-state index is 4.52. The molecule has 2 rings (SSSR count). The normalized spacial score (nSPS) is 14.5. The van der Waals surface area contributed by atoms with Gasteiger partial charge in [-0.15, -0.1) is 0 Å². The van der Waals surface area contributed by atoms with E-state index in [1.54, 1.807) is 0 Å². The van der Waals surface area contributed by atoms with Crippen molar-refractivity contribution in [3.05, 3.63) is 23.3 Å². The topological polar surface area (TPSA) is 37.8 Å². The van der Waals surface area contributed by atoms with Gasteiger partial charge in [-0.2, -0.15) is 11.8 Å². The summed E-state index contributed by atoms with van der Waals surface area (Å²) in [5.41, 5.74) is 2.56. The van der Waals surface area contributed by atoms with Gasteiger partial charge in [0.05, 0.1) is 5.69 Å². The second kappa shape index (κ2) is 4.07. The van der Waals surface area contributed by atoms with Crippen molar-refractivity contribution in [1.82, 2.24) is 15.3 Å². The van der Waals surface area contributed by atoms with Gasteiger partial charge >= 0.3 is 0 Å². The zero-order chi connectivity index (χ0) is 9.10. The van der Waals surface area contributed by atoms with Gasteiger partial charge in [0.1, 0.15) is 5.82 Å². The van der Waals surface area contributed by atoms with Crippen molar-refractivity contribution in [1.29, 1.82) is 0 Å². The van der Waals surface area contributed by atoms with Crippen LogP contribution in [0, 0.1) is 0 Å². The monoisotopic (exact) mass is 195 g/mol. The molecule has 0 radical (unpaired) electrons. The van der Waals surface area contributed by atoms with Gasteiger partial charge in [-0.25, -0.2) is 9.97 Å². The minimum atomic E-state index is 0.925. The van der Waals surface area contributed by atoms with Crippen molar-refractivity contribution in [3.63, 3.8) is 0 Å². The molecule has 70 valence electrons. The molecule has 4 heteroatoms. The Morgan fingerprint density at radius 2 is 2.46 bits per heavy atom. The molecule has 0 unspecified atom stereocenters. The number of rotatable bonds is 3. The van der Waals surface area contributed by atoms with E-state index in [9.17, 15) is 0 Å². The lowest BCUT2D eigenvalue weighted by Crippen LogP contribution is -2.12. The average Bonchev–Trinajstić information content (AvgIpc) is 2.61. The SMILES string of the molecule is CNCCc1ncc2c(n1)CSC2. The van der Waals surface area contributed by atoms with Gasteiger partial charge in [0.15, 0.2) is 0 Å². The van der Waals surface area contributed by atoms with Crippen LogP contribution in [0.1, 0.15) is 17.1 Å². The van der Waals surface area contributed by atoms with Crippen LogP contribution < -0.4 is 5.32 Å². The van der Waals surface area contributed by atoms with Gasteiger partial charge in [-0.3, -0.25) is 0 Å². The highest BCUT2D eigenvalue weighted by molar-refractivity contribution is 7.98. The molecule has 2 heterocycles. The van der Waals surface area contributed by atoms with E-state index in [4.69, 9.17) is 0 Å². The molecule has 1 N–H and O–H groups in total. The summed E-state index contributed by atoms with van der Waals surface area (Å²) in [5.74, 6) is 3.11. The summed E-state index contributed by atoms with van der Waals surface area (Å²) in [6, 6.07) is 0. The van der Waals surface area contributed by atoms with Crippen LogP contribution in [-0.2, 0) is 17.9 Å². The molecule has 0 bridgehead atoms. The molecule has 1 aliphatic rings. The summed E-state index contributed by atoms with van der Waals surface area (Å²) >= 11 is 1.92. The van der Waals surface area contributed by atoms with Crippen LogP contribution in [0.5, 0.6) is 0 Å². The summed E-state index contributed by atoms with van der Waals surface area (Å²) in [5, 5.41) is 3.10. The summed E-state index contributed by atoms with van der Waals surface area (Å²) < 4.78 is 0. The molecule has 0 aliphatic carbocycles. The van der Waals surface area contributed by atoms with Gasteiger partial charge < -0.3 is 5.32 Å². The first kappa shape index (κ1) is 8.97. The zero-order valence-electron chi connectivity index (χ0n) is 7.71. The fourth-order valence-corrected chi connectivity index (χ4v) is 2.35. The molecule has 1 aliphatic heterocycles. The number of fused-ring (bicyclic) bond motifs is 1. The Balaban J connectivity index is 2.12. The van der Waals surface area contributed by atoms with Crippen LogP contribution >= 0.6 is 11.8 Å². The molecule has 0 atom stereocenters. The van der Waals surface area contributed by atoms with Crippen molar-refractivity contribution < 1.29 is 0 Å². The fourth-order valence-electron chi connectivity index (χ4n) is 1.34. The number of likely N-dealkylation sites (N-methyl/N-ethyl adjacent to an activating group) is 1. The average molecular weight is 195 g/mol. The highest BCUT2D eigenvalue weighted by Gasteiger charge is 2.13. The first-order chi connectivity index (χ1) is 6.40. The predicted octanol–water partition coefficient (Wildman–Crippen LogP) is 0.985. The Hall–Kier alpha value is -0.610. The molecule has 0 saturated carbocycles. The number of hydrogen-bond acceptors (Lipinski definition) is 4. The van der Waals surface area contributed by atoms with E-state index in [2.05, 4.69) is 15.3 Å². The number of thioether (sulfide) groups is 1. The third kappa shape index (κ3) is 2.00. The van der Waals surface area contributed by atoms with Crippen molar-refractivity contribution in [2.45, 2.75) is 17.9 Å². The van der Waals surface area contributed by atoms with E-state index < -0.39 is 0 Å². The van der Waals surface area contributed by atoms with Crippen molar-refractivity contribution in [3.8, 4) is 0 Å².